The fourth-order valence-corrected chi connectivity index (χ4v) is 8.56. The van der Waals surface area contributed by atoms with Crippen molar-refractivity contribution >= 4 is 32.3 Å². The quantitative estimate of drug-likeness (QED) is 0.144. The van der Waals surface area contributed by atoms with Gasteiger partial charge in [-0.15, -0.1) is 0 Å². The summed E-state index contributed by atoms with van der Waals surface area (Å²) in [6.45, 7) is 20.7. The number of rotatable bonds is 7. The van der Waals surface area contributed by atoms with Crippen LogP contribution in [0.3, 0.4) is 0 Å². The lowest BCUT2D eigenvalue weighted by Crippen LogP contribution is -2.10. The Morgan fingerprint density at radius 2 is 0.655 bits per heavy atom. The molecule has 274 valence electrons. The van der Waals surface area contributed by atoms with Gasteiger partial charge in [-0.25, -0.2) is 0 Å². The molecule has 0 spiro atoms. The van der Waals surface area contributed by atoms with Gasteiger partial charge in [0.15, 0.2) is 0 Å². The van der Waals surface area contributed by atoms with Crippen molar-refractivity contribution in [3.63, 3.8) is 0 Å². The summed E-state index contributed by atoms with van der Waals surface area (Å²) in [5.41, 5.74) is 15.7. The fraction of sp³-hybridized carbons (Fsp3) is 0.236. The molecular weight excluding hydrogens is 661 g/mol. The zero-order valence-electron chi connectivity index (χ0n) is 34.1. The maximum absolute atomic E-state index is 2.50. The summed E-state index contributed by atoms with van der Waals surface area (Å²) in [6, 6.07) is 55.8. The van der Waals surface area contributed by atoms with E-state index in [0.29, 0.717) is 17.8 Å². The van der Waals surface area contributed by atoms with Crippen molar-refractivity contribution in [2.24, 2.45) is 0 Å². The fourth-order valence-electron chi connectivity index (χ4n) is 8.56. The molecule has 0 N–H and O–H groups in total. The van der Waals surface area contributed by atoms with E-state index in [0.717, 1.165) is 0 Å². The van der Waals surface area contributed by atoms with Crippen LogP contribution in [0, 0.1) is 0 Å². The normalized spacial score (nSPS) is 12.2. The number of fused-ring (bicyclic) bond motifs is 3. The van der Waals surface area contributed by atoms with E-state index in [4.69, 9.17) is 0 Å². The maximum atomic E-state index is 2.50. The molecule has 0 aliphatic carbocycles. The van der Waals surface area contributed by atoms with E-state index in [1.165, 1.54) is 99.1 Å². The molecule has 0 aliphatic heterocycles. The predicted octanol–water partition coefficient (Wildman–Crippen LogP) is 16.5. The minimum Gasteiger partial charge on any atom is -0.0622 e. The van der Waals surface area contributed by atoms with E-state index in [9.17, 15) is 0 Å². The van der Waals surface area contributed by atoms with Crippen LogP contribution in [0.1, 0.15) is 102 Å². The number of benzene rings is 8. The smallest absolute Gasteiger partial charge is 0.000139 e. The van der Waals surface area contributed by atoms with Crippen LogP contribution in [0.25, 0.3) is 76.8 Å². The molecule has 0 aromatic heterocycles. The molecule has 0 bridgehead atoms. The molecule has 0 nitrogen and oxygen atoms in total. The topological polar surface area (TPSA) is 0 Å². The summed E-state index contributed by atoms with van der Waals surface area (Å²) in [6.07, 6.45) is 0. The second-order valence-electron chi connectivity index (χ2n) is 17.5. The van der Waals surface area contributed by atoms with Crippen molar-refractivity contribution < 1.29 is 0 Å². The Labute approximate surface area is 328 Å². The number of hydrogen-bond acceptors (Lipinski definition) is 0. The van der Waals surface area contributed by atoms with Gasteiger partial charge in [0.25, 0.3) is 0 Å². The van der Waals surface area contributed by atoms with Crippen molar-refractivity contribution in [1.82, 2.24) is 0 Å². The monoisotopic (exact) mass is 714 g/mol. The van der Waals surface area contributed by atoms with Crippen molar-refractivity contribution in [3.8, 4) is 44.5 Å². The average molecular weight is 715 g/mol. The second kappa shape index (κ2) is 14.3. The molecule has 0 fully saturated rings. The highest BCUT2D eigenvalue weighted by Gasteiger charge is 2.27. The van der Waals surface area contributed by atoms with Gasteiger partial charge in [-0.2, -0.15) is 0 Å². The summed E-state index contributed by atoms with van der Waals surface area (Å²) in [5, 5.41) is 7.82. The highest BCUT2D eigenvalue weighted by atomic mass is 14.3. The molecule has 8 aromatic carbocycles. The summed E-state index contributed by atoms with van der Waals surface area (Å²) in [4.78, 5) is 0. The van der Waals surface area contributed by atoms with E-state index in [1.807, 2.05) is 0 Å². The lowest BCUT2D eigenvalue weighted by molar-refractivity contribution is 0.590. The molecule has 0 saturated carbocycles. The number of hydrogen-bond donors (Lipinski definition) is 0. The lowest BCUT2D eigenvalue weighted by Gasteiger charge is -2.27. The predicted molar refractivity (Wildman–Crippen MR) is 242 cm³/mol. The first-order valence-electron chi connectivity index (χ1n) is 20.3. The van der Waals surface area contributed by atoms with Gasteiger partial charge in [-0.3, -0.25) is 0 Å². The molecule has 8 aromatic rings. The lowest BCUT2D eigenvalue weighted by atomic mass is 9.76. The maximum Gasteiger partial charge on any atom is -0.000139 e. The van der Waals surface area contributed by atoms with Crippen LogP contribution in [0.5, 0.6) is 0 Å². The third kappa shape index (κ3) is 6.57. The van der Waals surface area contributed by atoms with Gasteiger partial charge in [0.05, 0.1) is 0 Å². The molecule has 0 amide bonds. The van der Waals surface area contributed by atoms with Gasteiger partial charge in [0.2, 0.25) is 0 Å². The first-order valence-corrected chi connectivity index (χ1v) is 20.3. The van der Waals surface area contributed by atoms with Crippen molar-refractivity contribution in [3.05, 3.63) is 168 Å². The molecule has 0 heteroatoms. The Kier molecular flexibility index (Phi) is 9.50. The second-order valence-corrected chi connectivity index (χ2v) is 17.5. The van der Waals surface area contributed by atoms with Crippen LogP contribution in [0.2, 0.25) is 0 Å². The molecular formula is C55H54. The Balaban J connectivity index is 1.72. The molecule has 0 saturated heterocycles. The SMILES string of the molecule is CC(C)c1ccc(-c2c3cc(C(C)C)ccc3c(-c3ccccc3)c3c(-c4ccc(C(C)(C)C)cc4)c4cc(C(C)C)ccc4c(-c4ccccc4)c23)cc1. The molecule has 0 heterocycles. The Morgan fingerprint density at radius 3 is 1.02 bits per heavy atom. The largest absolute Gasteiger partial charge is 0.0622 e. The first-order chi connectivity index (χ1) is 26.4. The van der Waals surface area contributed by atoms with Gasteiger partial charge in [-0.1, -0.05) is 208 Å². The Morgan fingerprint density at radius 1 is 0.327 bits per heavy atom. The summed E-state index contributed by atoms with van der Waals surface area (Å²) < 4.78 is 0. The minimum absolute atomic E-state index is 0.0550. The molecule has 8 rings (SSSR count). The van der Waals surface area contributed by atoms with Gasteiger partial charge < -0.3 is 0 Å². The van der Waals surface area contributed by atoms with Gasteiger partial charge in [-0.05, 0) is 122 Å². The standard InChI is InChI=1S/C55H54/c1-34(2)37-20-22-40(23-21-37)51-47-32-42(35(3)4)26-30-45(47)50(39-18-14-11-15-19-39)54-52(41-24-28-44(29-25-41)55(7,8)9)48-33-43(36(5)6)27-31-46(48)49(53(51)54)38-16-12-10-13-17-38/h10-36H,1-9H3. The van der Waals surface area contributed by atoms with Gasteiger partial charge in [0, 0.05) is 0 Å². The van der Waals surface area contributed by atoms with Gasteiger partial charge >= 0.3 is 0 Å². The van der Waals surface area contributed by atoms with Crippen molar-refractivity contribution in [1.29, 1.82) is 0 Å². The highest BCUT2D eigenvalue weighted by Crippen LogP contribution is 2.54. The van der Waals surface area contributed by atoms with Crippen molar-refractivity contribution in [2.45, 2.75) is 85.5 Å². The van der Waals surface area contributed by atoms with Gasteiger partial charge in [0.1, 0.15) is 0 Å². The van der Waals surface area contributed by atoms with E-state index < -0.39 is 0 Å². The zero-order valence-corrected chi connectivity index (χ0v) is 34.1. The summed E-state index contributed by atoms with van der Waals surface area (Å²) in [7, 11) is 0. The molecule has 55 heavy (non-hydrogen) atoms. The highest BCUT2D eigenvalue weighted by molar-refractivity contribution is 6.34. The average Bonchev–Trinajstić information content (AvgIpc) is 3.19. The first kappa shape index (κ1) is 36.5. The van der Waals surface area contributed by atoms with Crippen LogP contribution in [-0.4, -0.2) is 0 Å². The van der Waals surface area contributed by atoms with Crippen molar-refractivity contribution in [2.75, 3.05) is 0 Å². The van der Waals surface area contributed by atoms with Crippen LogP contribution >= 0.6 is 0 Å². The Hall–Kier alpha value is -5.46. The third-order valence-electron chi connectivity index (χ3n) is 11.8. The van der Waals surface area contributed by atoms with Crippen LogP contribution < -0.4 is 0 Å². The van der Waals surface area contributed by atoms with E-state index in [1.54, 1.807) is 0 Å². The zero-order chi connectivity index (χ0) is 38.6. The molecule has 0 unspecified atom stereocenters. The van der Waals surface area contributed by atoms with Crippen LogP contribution in [-0.2, 0) is 5.41 Å². The molecule has 0 radical (unpaired) electrons. The van der Waals surface area contributed by atoms with Crippen LogP contribution in [0.15, 0.2) is 146 Å². The van der Waals surface area contributed by atoms with Crippen LogP contribution in [0.4, 0.5) is 0 Å². The van der Waals surface area contributed by atoms with E-state index >= 15 is 0 Å². The molecule has 0 aliphatic rings. The third-order valence-corrected chi connectivity index (χ3v) is 11.8. The van der Waals surface area contributed by atoms with E-state index in [-0.39, 0.29) is 5.41 Å². The molecule has 0 atom stereocenters. The summed E-state index contributed by atoms with van der Waals surface area (Å²) in [5.74, 6) is 1.25. The summed E-state index contributed by atoms with van der Waals surface area (Å²) >= 11 is 0. The van der Waals surface area contributed by atoms with E-state index in [2.05, 4.69) is 208 Å². The minimum atomic E-state index is 0.0550. The Bertz CT molecular complexity index is 2650.